The lowest BCUT2D eigenvalue weighted by atomic mass is 10.3. The van der Waals surface area contributed by atoms with E-state index < -0.39 is 5.97 Å². The van der Waals surface area contributed by atoms with Crippen LogP contribution >= 0.6 is 0 Å². The van der Waals surface area contributed by atoms with Gasteiger partial charge in [0.1, 0.15) is 5.82 Å². The number of aromatic carboxylic acids is 1. The summed E-state index contributed by atoms with van der Waals surface area (Å²) in [6.07, 6.45) is 1.84. The number of carbonyl (C=O) groups is 1. The molecule has 0 aliphatic carbocycles. The molecule has 2 aromatic heterocycles. The summed E-state index contributed by atoms with van der Waals surface area (Å²) in [6.45, 7) is 3.58. The summed E-state index contributed by atoms with van der Waals surface area (Å²) in [5.41, 5.74) is 0.754. The van der Waals surface area contributed by atoms with Gasteiger partial charge in [-0.25, -0.2) is 9.78 Å². The van der Waals surface area contributed by atoms with E-state index in [2.05, 4.69) is 9.88 Å². The van der Waals surface area contributed by atoms with Crippen LogP contribution in [0.1, 0.15) is 23.2 Å². The predicted molar refractivity (Wildman–Crippen MR) is 64.2 cm³/mol. The molecule has 0 aromatic carbocycles. The third-order valence-electron chi connectivity index (χ3n) is 2.78. The van der Waals surface area contributed by atoms with Crippen molar-refractivity contribution in [2.75, 3.05) is 13.6 Å². The number of nitrogens with zero attached hydrogens (tertiary/aromatic N) is 3. The monoisotopic (exact) mass is 233 g/mol. The van der Waals surface area contributed by atoms with Gasteiger partial charge < -0.3 is 9.51 Å². The van der Waals surface area contributed by atoms with Gasteiger partial charge in [0.15, 0.2) is 5.69 Å². The number of hydrogen-bond acceptors (Lipinski definition) is 3. The molecule has 0 aliphatic heterocycles. The van der Waals surface area contributed by atoms with Crippen molar-refractivity contribution < 1.29 is 9.90 Å². The Morgan fingerprint density at radius 2 is 2.29 bits per heavy atom. The molecule has 2 aromatic rings. The van der Waals surface area contributed by atoms with Gasteiger partial charge in [-0.15, -0.1) is 0 Å². The number of imidazole rings is 1. The van der Waals surface area contributed by atoms with E-state index in [1.54, 1.807) is 6.07 Å². The van der Waals surface area contributed by atoms with Crippen molar-refractivity contribution >= 4 is 11.5 Å². The number of pyridine rings is 1. The van der Waals surface area contributed by atoms with Gasteiger partial charge in [0, 0.05) is 6.20 Å². The fraction of sp³-hybridized carbons (Fsp3) is 0.333. The standard InChI is InChI=1S/C12H15N3O2/c1-3-14(2)8-10-13-11(12(16)17)9-6-4-5-7-15(9)10/h4-7H,3,8H2,1-2H3,(H,16,17). The van der Waals surface area contributed by atoms with Crippen molar-refractivity contribution in [3.63, 3.8) is 0 Å². The summed E-state index contributed by atoms with van der Waals surface area (Å²) < 4.78 is 1.83. The zero-order chi connectivity index (χ0) is 12.4. The van der Waals surface area contributed by atoms with Crippen molar-refractivity contribution in [2.45, 2.75) is 13.5 Å². The molecule has 2 rings (SSSR count). The smallest absolute Gasteiger partial charge is 0.356 e. The molecule has 0 spiro atoms. The highest BCUT2D eigenvalue weighted by Gasteiger charge is 2.16. The maximum atomic E-state index is 11.1. The Morgan fingerprint density at radius 3 is 2.94 bits per heavy atom. The van der Waals surface area contributed by atoms with Crippen LogP contribution in [0.5, 0.6) is 0 Å². The molecule has 0 atom stereocenters. The first kappa shape index (κ1) is 11.6. The van der Waals surface area contributed by atoms with Crippen molar-refractivity contribution in [3.8, 4) is 0 Å². The minimum atomic E-state index is -0.987. The van der Waals surface area contributed by atoms with E-state index in [4.69, 9.17) is 5.11 Å². The van der Waals surface area contributed by atoms with Crippen LogP contribution in [0.4, 0.5) is 0 Å². The number of aromatic nitrogens is 2. The number of fused-ring (bicyclic) bond motifs is 1. The Hall–Kier alpha value is -1.88. The molecule has 1 N–H and O–H groups in total. The van der Waals surface area contributed by atoms with Crippen LogP contribution in [0.3, 0.4) is 0 Å². The summed E-state index contributed by atoms with van der Waals surface area (Å²) in [6, 6.07) is 5.46. The van der Waals surface area contributed by atoms with Gasteiger partial charge >= 0.3 is 5.97 Å². The molecule has 5 nitrogen and oxygen atoms in total. The quantitative estimate of drug-likeness (QED) is 0.869. The lowest BCUT2D eigenvalue weighted by Crippen LogP contribution is -2.18. The van der Waals surface area contributed by atoms with Crippen LogP contribution in [-0.4, -0.2) is 39.0 Å². The molecule has 0 amide bonds. The zero-order valence-corrected chi connectivity index (χ0v) is 9.92. The van der Waals surface area contributed by atoms with E-state index in [0.29, 0.717) is 12.1 Å². The minimum absolute atomic E-state index is 0.116. The molecule has 90 valence electrons. The summed E-state index contributed by atoms with van der Waals surface area (Å²) in [5, 5.41) is 9.10. The number of hydrogen-bond donors (Lipinski definition) is 1. The second kappa shape index (κ2) is 4.55. The van der Waals surface area contributed by atoms with Crippen molar-refractivity contribution in [2.24, 2.45) is 0 Å². The summed E-state index contributed by atoms with van der Waals surface area (Å²) in [7, 11) is 1.98. The first-order valence-corrected chi connectivity index (χ1v) is 5.51. The Kier molecular flexibility index (Phi) is 3.10. The molecule has 0 saturated carbocycles. The number of carboxylic acids is 1. The zero-order valence-electron chi connectivity index (χ0n) is 9.92. The Balaban J connectivity index is 2.52. The molecule has 0 saturated heterocycles. The van der Waals surface area contributed by atoms with Gasteiger partial charge in [-0.3, -0.25) is 4.90 Å². The second-order valence-electron chi connectivity index (χ2n) is 3.97. The molecule has 5 heteroatoms. The Morgan fingerprint density at radius 1 is 1.53 bits per heavy atom. The average Bonchev–Trinajstić information content (AvgIpc) is 2.68. The van der Waals surface area contributed by atoms with Crippen LogP contribution in [0.25, 0.3) is 5.52 Å². The molecule has 2 heterocycles. The van der Waals surface area contributed by atoms with E-state index in [1.165, 1.54) is 0 Å². The van der Waals surface area contributed by atoms with Gasteiger partial charge in [-0.2, -0.15) is 0 Å². The lowest BCUT2D eigenvalue weighted by Gasteiger charge is -2.12. The van der Waals surface area contributed by atoms with Crippen LogP contribution in [0.2, 0.25) is 0 Å². The highest BCUT2D eigenvalue weighted by molar-refractivity contribution is 5.93. The third kappa shape index (κ3) is 2.14. The molecule has 0 unspecified atom stereocenters. The van der Waals surface area contributed by atoms with Crippen LogP contribution in [0, 0.1) is 0 Å². The van der Waals surface area contributed by atoms with E-state index in [1.807, 2.05) is 36.7 Å². The summed E-state index contributed by atoms with van der Waals surface area (Å²) >= 11 is 0. The molecule has 17 heavy (non-hydrogen) atoms. The third-order valence-corrected chi connectivity index (χ3v) is 2.78. The topological polar surface area (TPSA) is 57.8 Å². The maximum absolute atomic E-state index is 11.1. The fourth-order valence-electron chi connectivity index (χ4n) is 1.72. The van der Waals surface area contributed by atoms with Crippen molar-refractivity contribution in [3.05, 3.63) is 35.9 Å². The van der Waals surface area contributed by atoms with Crippen LogP contribution in [0.15, 0.2) is 24.4 Å². The largest absolute Gasteiger partial charge is 0.476 e. The maximum Gasteiger partial charge on any atom is 0.356 e. The van der Waals surface area contributed by atoms with E-state index in [0.717, 1.165) is 12.4 Å². The van der Waals surface area contributed by atoms with Gasteiger partial charge in [0.05, 0.1) is 12.1 Å². The van der Waals surface area contributed by atoms with E-state index in [-0.39, 0.29) is 5.69 Å². The van der Waals surface area contributed by atoms with E-state index >= 15 is 0 Å². The molecular weight excluding hydrogens is 218 g/mol. The van der Waals surface area contributed by atoms with Crippen LogP contribution in [-0.2, 0) is 6.54 Å². The van der Waals surface area contributed by atoms with E-state index in [9.17, 15) is 4.79 Å². The molecule has 0 aliphatic rings. The molecule has 0 bridgehead atoms. The average molecular weight is 233 g/mol. The lowest BCUT2D eigenvalue weighted by molar-refractivity contribution is 0.0693. The van der Waals surface area contributed by atoms with Crippen molar-refractivity contribution in [1.82, 2.24) is 14.3 Å². The summed E-state index contributed by atoms with van der Waals surface area (Å²) in [4.78, 5) is 17.4. The first-order chi connectivity index (χ1) is 8.13. The molecular formula is C12H15N3O2. The normalized spacial score (nSPS) is 11.2. The predicted octanol–water partition coefficient (Wildman–Crippen LogP) is 1.48. The SMILES string of the molecule is CCN(C)Cc1nc(C(=O)O)c2ccccn12. The Bertz CT molecular complexity index is 548. The number of rotatable bonds is 4. The Labute approximate surface area is 99.3 Å². The van der Waals surface area contributed by atoms with Gasteiger partial charge in [-0.1, -0.05) is 13.0 Å². The highest BCUT2D eigenvalue weighted by Crippen LogP contribution is 2.14. The summed E-state index contributed by atoms with van der Waals surface area (Å²) in [5.74, 6) is -0.235. The van der Waals surface area contributed by atoms with Crippen molar-refractivity contribution in [1.29, 1.82) is 0 Å². The van der Waals surface area contributed by atoms with Gasteiger partial charge in [0.2, 0.25) is 0 Å². The molecule has 0 fully saturated rings. The molecule has 0 radical (unpaired) electrons. The second-order valence-corrected chi connectivity index (χ2v) is 3.97. The minimum Gasteiger partial charge on any atom is -0.476 e. The van der Waals surface area contributed by atoms with Gasteiger partial charge in [-0.05, 0) is 25.7 Å². The highest BCUT2D eigenvalue weighted by atomic mass is 16.4. The first-order valence-electron chi connectivity index (χ1n) is 5.51. The van der Waals surface area contributed by atoms with Gasteiger partial charge in [0.25, 0.3) is 0 Å². The van der Waals surface area contributed by atoms with Crippen LogP contribution < -0.4 is 0 Å². The number of carboxylic acid groups (broad SMARTS) is 1. The fourth-order valence-corrected chi connectivity index (χ4v) is 1.72.